The van der Waals surface area contributed by atoms with Gasteiger partial charge < -0.3 is 29.6 Å². The predicted molar refractivity (Wildman–Crippen MR) is 114 cm³/mol. The molecule has 4 aromatic carbocycles. The van der Waals surface area contributed by atoms with E-state index >= 15 is 0 Å². The first-order valence-corrected chi connectivity index (χ1v) is 13.3. The summed E-state index contributed by atoms with van der Waals surface area (Å²) >= 11 is -0.106. The van der Waals surface area contributed by atoms with Gasteiger partial charge in [0.15, 0.2) is 0 Å². The van der Waals surface area contributed by atoms with Crippen molar-refractivity contribution in [3.8, 4) is 0 Å². The number of rotatable bonds is 3. The van der Waals surface area contributed by atoms with Crippen molar-refractivity contribution < 1.29 is 33.0 Å². The van der Waals surface area contributed by atoms with Crippen LogP contribution < -0.4 is 15.9 Å². The third kappa shape index (κ3) is 8.91. The Labute approximate surface area is 190 Å². The van der Waals surface area contributed by atoms with Gasteiger partial charge in [0.05, 0.1) is 0 Å². The molecule has 0 aliphatic rings. The van der Waals surface area contributed by atoms with Crippen molar-refractivity contribution in [3.05, 3.63) is 115 Å². The third-order valence-electron chi connectivity index (χ3n) is 3.49. The van der Waals surface area contributed by atoms with Crippen LogP contribution in [0.2, 0.25) is 0 Å². The summed E-state index contributed by atoms with van der Waals surface area (Å²) in [6.07, 6.45) is 0. The van der Waals surface area contributed by atoms with Gasteiger partial charge in [-0.25, -0.2) is 20.1 Å². The number of hydrogen-bond donors (Lipinski definition) is 0. The SMILES string of the molecule is [Cl][Pd][Cl].[Fe].c1cc[cH-]c1.c1ccc(P(c2ccccc2)[c-]2[cH-][cH-][cH-][cH-]2)cc1. The third-order valence-corrected chi connectivity index (χ3v) is 5.93. The monoisotopic (exact) mass is 546 g/mol. The summed E-state index contributed by atoms with van der Waals surface area (Å²) in [7, 11) is 9.22. The fourth-order valence-electron chi connectivity index (χ4n) is 2.44. The van der Waals surface area contributed by atoms with Gasteiger partial charge in [0.1, 0.15) is 0 Å². The second-order valence-electron chi connectivity index (χ2n) is 5.16. The standard InChI is InChI=1S/C17H14P.C5H5.2ClH.Fe.Pd/c1-3-9-15(10-4-1)18(17-13-7-8-14-17)16-11-5-2-6-12-16;1-2-4-5-3-1;;;;/h1-14H;1-5H;2*1H;;/q-5;-1;;;;+2/p-2. The van der Waals surface area contributed by atoms with Crippen LogP contribution in [0.25, 0.3) is 0 Å². The van der Waals surface area contributed by atoms with Crippen LogP contribution >= 0.6 is 27.0 Å². The maximum Gasteiger partial charge on any atom is 0 e. The van der Waals surface area contributed by atoms with Crippen molar-refractivity contribution in [2.24, 2.45) is 0 Å². The van der Waals surface area contributed by atoms with Crippen molar-refractivity contribution in [2.75, 3.05) is 0 Å². The zero-order valence-corrected chi connectivity index (χ0v) is 19.4. The fraction of sp³-hybridized carbons (Fsp3) is 0. The molecule has 0 spiro atoms. The van der Waals surface area contributed by atoms with Gasteiger partial charge in [-0.15, -0.1) is 0 Å². The topological polar surface area (TPSA) is 0 Å². The molecule has 0 N–H and O–H groups in total. The minimum Gasteiger partial charge on any atom is -0.747 e. The van der Waals surface area contributed by atoms with Gasteiger partial charge in [-0.2, -0.15) is 18.2 Å². The Morgan fingerprint density at radius 2 is 1.11 bits per heavy atom. The molecule has 5 heteroatoms. The molecule has 4 rings (SSSR count). The van der Waals surface area contributed by atoms with Gasteiger partial charge in [-0.3, -0.25) is 0 Å². The zero-order chi connectivity index (χ0) is 18.5. The second-order valence-corrected chi connectivity index (χ2v) is 9.74. The van der Waals surface area contributed by atoms with Crippen LogP contribution in [0.4, 0.5) is 0 Å². The summed E-state index contributed by atoms with van der Waals surface area (Å²) in [5.74, 6) is 0. The Bertz CT molecular complexity index is 734. The number of hydrogen-bond acceptors (Lipinski definition) is 0. The molecule has 0 saturated heterocycles. The van der Waals surface area contributed by atoms with Gasteiger partial charge >= 0.3 is 35.0 Å². The van der Waals surface area contributed by atoms with E-state index in [0.29, 0.717) is 0 Å². The average molecular weight is 548 g/mol. The molecule has 0 fully saturated rings. The average Bonchev–Trinajstić information content (AvgIpc) is 3.42. The van der Waals surface area contributed by atoms with E-state index in [1.165, 1.54) is 15.9 Å². The second kappa shape index (κ2) is 15.3. The van der Waals surface area contributed by atoms with E-state index < -0.39 is 7.92 Å². The molecule has 0 radical (unpaired) electrons. The molecule has 0 heterocycles. The fourth-order valence-corrected chi connectivity index (χ4v) is 4.74. The van der Waals surface area contributed by atoms with Crippen LogP contribution in [0.3, 0.4) is 0 Å². The minimum atomic E-state index is -0.409. The summed E-state index contributed by atoms with van der Waals surface area (Å²) in [5, 5.41) is 4.23. The summed E-state index contributed by atoms with van der Waals surface area (Å²) in [6.45, 7) is 0. The molecule has 0 unspecified atom stereocenters. The van der Waals surface area contributed by atoms with Crippen LogP contribution in [0.1, 0.15) is 0 Å². The normalized spacial score (nSPS) is 9.44. The molecule has 4 aromatic rings. The molecule has 0 saturated carbocycles. The van der Waals surface area contributed by atoms with Crippen LogP contribution in [0.5, 0.6) is 0 Å². The minimum absolute atomic E-state index is 0. The van der Waals surface area contributed by atoms with E-state index in [4.69, 9.17) is 19.1 Å². The first-order valence-electron chi connectivity index (χ1n) is 7.98. The molecule has 0 bridgehead atoms. The Morgan fingerprint density at radius 1 is 0.704 bits per heavy atom. The molecule has 150 valence electrons. The Morgan fingerprint density at radius 3 is 1.44 bits per heavy atom. The van der Waals surface area contributed by atoms with Crippen LogP contribution in [-0.2, 0) is 33.0 Å². The summed E-state index contributed by atoms with van der Waals surface area (Å²) in [6, 6.07) is 40.2. The van der Waals surface area contributed by atoms with E-state index in [-0.39, 0.29) is 33.0 Å². The Balaban J connectivity index is 0.000000342. The smallest absolute Gasteiger partial charge is 0 e. The van der Waals surface area contributed by atoms with E-state index in [0.717, 1.165) is 0 Å². The van der Waals surface area contributed by atoms with Gasteiger partial charge in [-0.1, -0.05) is 71.3 Å². The molecular weight excluding hydrogens is 528 g/mol. The number of halogens is 2. The van der Waals surface area contributed by atoms with Crippen molar-refractivity contribution in [3.63, 3.8) is 0 Å². The van der Waals surface area contributed by atoms with Gasteiger partial charge in [0.2, 0.25) is 0 Å². The first kappa shape index (κ1) is 24.4. The summed E-state index contributed by atoms with van der Waals surface area (Å²) < 4.78 is 0. The molecule has 0 aliphatic carbocycles. The molecular formula is C22H19Cl2FePPd-6. The first-order chi connectivity index (χ1) is 12.9. The molecule has 0 aliphatic heterocycles. The van der Waals surface area contributed by atoms with E-state index in [2.05, 4.69) is 84.9 Å². The van der Waals surface area contributed by atoms with E-state index in [9.17, 15) is 0 Å². The molecule has 0 aromatic heterocycles. The van der Waals surface area contributed by atoms with Crippen molar-refractivity contribution in [2.45, 2.75) is 0 Å². The van der Waals surface area contributed by atoms with E-state index in [1.54, 1.807) is 0 Å². The van der Waals surface area contributed by atoms with Crippen molar-refractivity contribution >= 4 is 42.9 Å². The molecule has 27 heavy (non-hydrogen) atoms. The Hall–Kier alpha value is -0.668. The predicted octanol–water partition coefficient (Wildman–Crippen LogP) is 5.94. The van der Waals surface area contributed by atoms with Crippen molar-refractivity contribution in [1.82, 2.24) is 0 Å². The number of benzene rings is 2. The maximum absolute atomic E-state index is 4.81. The van der Waals surface area contributed by atoms with Crippen LogP contribution in [0.15, 0.2) is 115 Å². The van der Waals surface area contributed by atoms with Gasteiger partial charge in [0, 0.05) is 17.1 Å². The van der Waals surface area contributed by atoms with Gasteiger partial charge in [0.25, 0.3) is 0 Å². The largest absolute Gasteiger partial charge is 0.747 e. The quantitative estimate of drug-likeness (QED) is 0.169. The van der Waals surface area contributed by atoms with Crippen molar-refractivity contribution in [1.29, 1.82) is 0 Å². The van der Waals surface area contributed by atoms with Crippen LogP contribution in [-0.4, -0.2) is 0 Å². The molecule has 0 amide bonds. The molecule has 0 atom stereocenters. The zero-order valence-electron chi connectivity index (χ0n) is 14.3. The van der Waals surface area contributed by atoms with Gasteiger partial charge in [-0.05, 0) is 0 Å². The Kier molecular flexibility index (Phi) is 13.8. The summed E-state index contributed by atoms with van der Waals surface area (Å²) in [5.41, 5.74) is 0. The maximum atomic E-state index is 4.81. The van der Waals surface area contributed by atoms with E-state index in [1.807, 2.05) is 30.3 Å². The summed E-state index contributed by atoms with van der Waals surface area (Å²) in [4.78, 5) is 0. The molecule has 0 nitrogen and oxygen atoms in total. The van der Waals surface area contributed by atoms with Crippen LogP contribution in [0, 0.1) is 0 Å².